The number of aryl methyl sites for hydroxylation is 1. The minimum Gasteiger partial charge on any atom is -0.467 e. The van der Waals surface area contributed by atoms with Gasteiger partial charge in [-0.2, -0.15) is 9.97 Å². The van der Waals surface area contributed by atoms with E-state index < -0.39 is 0 Å². The van der Waals surface area contributed by atoms with Crippen molar-refractivity contribution in [1.82, 2.24) is 9.97 Å². The summed E-state index contributed by atoms with van der Waals surface area (Å²) in [7, 11) is 1.61. The Balaban J connectivity index is 2.15. The summed E-state index contributed by atoms with van der Waals surface area (Å²) in [4.78, 5) is 11.5. The van der Waals surface area contributed by atoms with Gasteiger partial charge in [-0.25, -0.2) is 0 Å². The number of nitrogens with zero attached hydrogens (tertiary/aromatic N) is 3. The Labute approximate surface area is 136 Å². The molecule has 0 saturated heterocycles. The fourth-order valence-electron chi connectivity index (χ4n) is 2.82. The third kappa shape index (κ3) is 3.12. The van der Waals surface area contributed by atoms with Crippen LogP contribution in [0.25, 0.3) is 10.9 Å². The highest BCUT2D eigenvalue weighted by Gasteiger charge is 2.26. The predicted octanol–water partition coefficient (Wildman–Crippen LogP) is 4.23. The van der Waals surface area contributed by atoms with Gasteiger partial charge in [0.15, 0.2) is 0 Å². The molecule has 22 heavy (non-hydrogen) atoms. The molecule has 1 aliphatic rings. The summed E-state index contributed by atoms with van der Waals surface area (Å²) < 4.78 is 5.32. The third-order valence-electron chi connectivity index (χ3n) is 4.07. The Bertz CT molecular complexity index is 685. The first-order valence-corrected chi connectivity index (χ1v) is 8.27. The molecule has 1 fully saturated rings. The summed E-state index contributed by atoms with van der Waals surface area (Å²) in [5, 5.41) is 1.74. The molecule has 0 bridgehead atoms. The molecule has 1 saturated carbocycles. The number of anilines is 1. The van der Waals surface area contributed by atoms with Gasteiger partial charge in [-0.05, 0) is 49.8 Å². The predicted molar refractivity (Wildman–Crippen MR) is 91.1 cm³/mol. The minimum absolute atomic E-state index is 0.421. The molecule has 0 amide bonds. The zero-order valence-electron chi connectivity index (χ0n) is 13.4. The van der Waals surface area contributed by atoms with E-state index in [-0.39, 0.29) is 0 Å². The lowest BCUT2D eigenvalue weighted by molar-refractivity contribution is 0.381. The van der Waals surface area contributed by atoms with Crippen molar-refractivity contribution in [1.29, 1.82) is 0 Å². The van der Waals surface area contributed by atoms with Gasteiger partial charge in [-0.15, -0.1) is 0 Å². The smallest absolute Gasteiger partial charge is 0.318 e. The molecular weight excluding hydrogens is 298 g/mol. The topological polar surface area (TPSA) is 38.2 Å². The van der Waals surface area contributed by atoms with Gasteiger partial charge in [0, 0.05) is 23.5 Å². The quantitative estimate of drug-likeness (QED) is 0.798. The number of fused-ring (bicyclic) bond motifs is 1. The molecule has 0 radical (unpaired) electrons. The first kappa shape index (κ1) is 15.3. The second kappa shape index (κ2) is 6.29. The van der Waals surface area contributed by atoms with Crippen LogP contribution in [0.3, 0.4) is 0 Å². The van der Waals surface area contributed by atoms with Crippen LogP contribution in [-0.2, 0) is 0 Å². The number of hydrogen-bond donors (Lipinski definition) is 0. The maximum Gasteiger partial charge on any atom is 0.318 e. The summed E-state index contributed by atoms with van der Waals surface area (Å²) in [5.41, 5.74) is 1.97. The fourth-order valence-corrected chi connectivity index (χ4v) is 3.10. The van der Waals surface area contributed by atoms with E-state index in [1.54, 1.807) is 7.11 Å². The van der Waals surface area contributed by atoms with Crippen molar-refractivity contribution in [2.45, 2.75) is 33.1 Å². The van der Waals surface area contributed by atoms with Crippen LogP contribution in [-0.4, -0.2) is 30.2 Å². The summed E-state index contributed by atoms with van der Waals surface area (Å²) in [6.07, 6.45) is 3.72. The van der Waals surface area contributed by atoms with Crippen molar-refractivity contribution in [2.75, 3.05) is 25.1 Å². The summed E-state index contributed by atoms with van der Waals surface area (Å²) >= 11 is 6.26. The van der Waals surface area contributed by atoms with Crippen molar-refractivity contribution in [3.05, 3.63) is 22.7 Å². The van der Waals surface area contributed by atoms with E-state index in [0.717, 1.165) is 52.7 Å². The summed E-state index contributed by atoms with van der Waals surface area (Å²) in [6, 6.07) is 4.32. The van der Waals surface area contributed by atoms with Crippen molar-refractivity contribution >= 4 is 28.3 Å². The maximum absolute atomic E-state index is 6.26. The molecule has 1 aromatic heterocycles. The largest absolute Gasteiger partial charge is 0.467 e. The van der Waals surface area contributed by atoms with E-state index in [9.17, 15) is 0 Å². The van der Waals surface area contributed by atoms with E-state index in [1.807, 2.05) is 19.1 Å². The molecule has 0 N–H and O–H groups in total. The van der Waals surface area contributed by atoms with Crippen LogP contribution in [0.15, 0.2) is 12.1 Å². The number of rotatable bonds is 6. The van der Waals surface area contributed by atoms with Crippen molar-refractivity contribution < 1.29 is 4.74 Å². The molecule has 1 aromatic carbocycles. The van der Waals surface area contributed by atoms with Crippen molar-refractivity contribution in [2.24, 2.45) is 5.92 Å². The van der Waals surface area contributed by atoms with Gasteiger partial charge in [0.2, 0.25) is 0 Å². The molecular formula is C17H22ClN3O. The van der Waals surface area contributed by atoms with E-state index in [2.05, 4.69) is 21.8 Å². The van der Waals surface area contributed by atoms with Gasteiger partial charge in [0.1, 0.15) is 5.82 Å². The van der Waals surface area contributed by atoms with Crippen LogP contribution >= 0.6 is 11.6 Å². The summed E-state index contributed by atoms with van der Waals surface area (Å²) in [6.45, 7) is 6.25. The van der Waals surface area contributed by atoms with Crippen molar-refractivity contribution in [3.8, 4) is 6.01 Å². The molecule has 1 heterocycles. The molecule has 5 heteroatoms. The van der Waals surface area contributed by atoms with Crippen LogP contribution in [0, 0.1) is 12.8 Å². The van der Waals surface area contributed by atoms with Gasteiger partial charge in [-0.1, -0.05) is 18.5 Å². The van der Waals surface area contributed by atoms with Crippen molar-refractivity contribution in [3.63, 3.8) is 0 Å². The first-order valence-electron chi connectivity index (χ1n) is 7.89. The highest BCUT2D eigenvalue weighted by atomic mass is 35.5. The monoisotopic (exact) mass is 319 g/mol. The molecule has 0 spiro atoms. The fraction of sp³-hybridized carbons (Fsp3) is 0.529. The van der Waals surface area contributed by atoms with E-state index in [4.69, 9.17) is 16.3 Å². The van der Waals surface area contributed by atoms with Crippen LogP contribution in [0.2, 0.25) is 5.02 Å². The zero-order valence-corrected chi connectivity index (χ0v) is 14.2. The van der Waals surface area contributed by atoms with Gasteiger partial charge in [-0.3, -0.25) is 0 Å². The number of halogens is 1. The Hall–Kier alpha value is -1.55. The molecule has 1 aliphatic carbocycles. The second-order valence-corrected chi connectivity index (χ2v) is 6.48. The van der Waals surface area contributed by atoms with Gasteiger partial charge in [0.25, 0.3) is 0 Å². The molecule has 4 nitrogen and oxygen atoms in total. The Morgan fingerprint density at radius 2 is 2.09 bits per heavy atom. The lowest BCUT2D eigenvalue weighted by atomic mass is 10.1. The Morgan fingerprint density at radius 3 is 2.73 bits per heavy atom. The van der Waals surface area contributed by atoms with Crippen LogP contribution in [0.5, 0.6) is 6.01 Å². The van der Waals surface area contributed by atoms with Gasteiger partial charge in [0.05, 0.1) is 12.6 Å². The minimum atomic E-state index is 0.421. The number of methoxy groups -OCH3 is 1. The molecule has 3 rings (SSSR count). The average Bonchev–Trinajstić information content (AvgIpc) is 3.30. The highest BCUT2D eigenvalue weighted by Crippen LogP contribution is 2.35. The lowest BCUT2D eigenvalue weighted by Gasteiger charge is -2.25. The van der Waals surface area contributed by atoms with Crippen LogP contribution in [0.4, 0.5) is 5.82 Å². The van der Waals surface area contributed by atoms with E-state index in [1.165, 1.54) is 12.8 Å². The lowest BCUT2D eigenvalue weighted by Crippen LogP contribution is -2.28. The van der Waals surface area contributed by atoms with Gasteiger partial charge < -0.3 is 9.64 Å². The number of hydrogen-bond acceptors (Lipinski definition) is 4. The molecule has 0 aliphatic heterocycles. The standard InChI is InChI=1S/C17H22ClN3O/c1-4-7-21(10-12-5-6-12)16-14-9-13(18)8-11(2)15(14)19-17(20-16)22-3/h8-9,12H,4-7,10H2,1-3H3. The normalized spacial score (nSPS) is 14.4. The summed E-state index contributed by atoms with van der Waals surface area (Å²) in [5.74, 6) is 1.74. The van der Waals surface area contributed by atoms with Crippen LogP contribution in [0.1, 0.15) is 31.7 Å². The van der Waals surface area contributed by atoms with Gasteiger partial charge >= 0.3 is 6.01 Å². The molecule has 0 unspecified atom stereocenters. The number of aromatic nitrogens is 2. The molecule has 118 valence electrons. The molecule has 0 atom stereocenters. The number of ether oxygens (including phenoxy) is 1. The maximum atomic E-state index is 6.26. The second-order valence-electron chi connectivity index (χ2n) is 6.04. The average molecular weight is 320 g/mol. The Morgan fingerprint density at radius 1 is 1.32 bits per heavy atom. The highest BCUT2D eigenvalue weighted by molar-refractivity contribution is 6.31. The molecule has 2 aromatic rings. The zero-order chi connectivity index (χ0) is 15.7. The third-order valence-corrected chi connectivity index (χ3v) is 4.28. The first-order chi connectivity index (χ1) is 10.6. The van der Waals surface area contributed by atoms with E-state index in [0.29, 0.717) is 6.01 Å². The van der Waals surface area contributed by atoms with Crippen LogP contribution < -0.4 is 9.64 Å². The Kier molecular flexibility index (Phi) is 4.39. The number of benzene rings is 1. The van der Waals surface area contributed by atoms with E-state index >= 15 is 0 Å². The SMILES string of the molecule is CCCN(CC1CC1)c1nc(OC)nc2c(C)cc(Cl)cc12.